The van der Waals surface area contributed by atoms with Crippen molar-refractivity contribution in [1.82, 2.24) is 47.9 Å². The van der Waals surface area contributed by atoms with E-state index >= 15 is 0 Å². The summed E-state index contributed by atoms with van der Waals surface area (Å²) in [4.78, 5) is 171. The minimum atomic E-state index is -0.903. The fraction of sp³-hybridized carbons (Fsp3) is 0.455. The van der Waals surface area contributed by atoms with Crippen molar-refractivity contribution in [3.8, 4) is 23.0 Å². The lowest BCUT2D eigenvalue weighted by atomic mass is 9.92. The molecule has 9 amide bonds. The van der Waals surface area contributed by atoms with Crippen molar-refractivity contribution < 1.29 is 95.5 Å². The molecule has 29 heteroatoms. The van der Waals surface area contributed by atoms with E-state index in [9.17, 15) is 62.3 Å². The summed E-state index contributed by atoms with van der Waals surface area (Å²) >= 11 is 0. The Labute approximate surface area is 825 Å². The van der Waals surface area contributed by atoms with Crippen LogP contribution in [0.15, 0.2) is 218 Å². The second-order valence-corrected chi connectivity index (χ2v) is 39.5. The number of hydrogen-bond donors (Lipinski definition) is 9. The monoisotopic (exact) mass is 1930 g/mol. The van der Waals surface area contributed by atoms with Gasteiger partial charge in [0.25, 0.3) is 0 Å². The van der Waals surface area contributed by atoms with Crippen LogP contribution in [0.2, 0.25) is 0 Å². The van der Waals surface area contributed by atoms with Gasteiger partial charge in [0.15, 0.2) is 23.1 Å². The number of methoxy groups -OCH3 is 4. The maximum atomic E-state index is 13.6. The van der Waals surface area contributed by atoms with Gasteiger partial charge in [0.2, 0.25) is 53.2 Å². The molecule has 12 atom stereocenters. The lowest BCUT2D eigenvalue weighted by Crippen LogP contribution is -2.55. The molecule has 8 aromatic carbocycles. The van der Waals surface area contributed by atoms with E-state index in [4.69, 9.17) is 33.2 Å². The molecule has 9 N–H and O–H groups in total. The van der Waals surface area contributed by atoms with Crippen LogP contribution in [0.3, 0.4) is 0 Å². The highest BCUT2D eigenvalue weighted by atomic mass is 16.5. The highest BCUT2D eigenvalue weighted by Gasteiger charge is 2.52. The quantitative estimate of drug-likeness (QED) is 0.0171. The Morgan fingerprint density at radius 1 is 0.305 bits per heavy atom. The van der Waals surface area contributed by atoms with Gasteiger partial charge in [-0.2, -0.15) is 0 Å². The third kappa shape index (κ3) is 30.9. The number of amides is 9. The molecule has 12 unspecified atom stereocenters. The molecule has 0 bridgehead atoms. The Balaban J connectivity index is 0.000000158. The van der Waals surface area contributed by atoms with Crippen molar-refractivity contribution in [2.24, 2.45) is 39.4 Å². The number of ketones is 4. The second-order valence-electron chi connectivity index (χ2n) is 39.5. The standard InChI is InChI=1S/C28H33N3O5.3C28H34N2O5/c1-28(12-13-28)25(33)22(14-18-6-4-3-5-7-18)30-27(35)23(15-19-8-10-21(36-2)11-9-19)31-26(34)20-16-24(32)29-17-20;1-28(14-15-28)25(31)22(17-19-7-4-3-5-8-19)29-26(32)23(30-27(33)24-9-6-16-35-24)18-20-10-12-21(34-2)13-11-20;2*1-28(13-14-28)25(31)23(16-19-6-4-3-5-7-19)29-27(33)24(30-26(32)21-12-15-35-18-21)17-20-8-10-22(34-2)11-9-20/h3-11,20,22-23H,12-17H2,1-2H3,(H,29,32)(H,30,35)(H,31,34);3-5,7-8,10-13,22-24H,6,9,14-18H2,1-2H3,(H,29,32)(H,30,33);2*3-11,21,23-24H,12-18H2,1-2H3,(H,29,33)(H,30,32). The predicted molar refractivity (Wildman–Crippen MR) is 530 cm³/mol. The molecular formula is C112H135N9O20. The van der Waals surface area contributed by atoms with Crippen molar-refractivity contribution in [2.75, 3.05) is 68.0 Å². The molecule has 748 valence electrons. The SMILES string of the molecule is COc1ccc(CC(NC(=O)C2CCCO2)C(=O)NC(Cc2ccccc2)C(=O)C2(C)CC2)cc1.COc1ccc(CC(NC(=O)C2CCOC2)C(=O)NC(Cc2ccccc2)C(=O)C2(C)CC2)cc1.COc1ccc(CC(NC(=O)C2CCOC2)C(=O)NC(Cc2ccccc2)C(=O)C2(C)CC2)cc1.COc1ccc(CC(NC(=O)C2CNC(=O)C2)C(=O)NC(Cc2ccccc2)C(=O)C2(C)CC2)cc1. The van der Waals surface area contributed by atoms with Crippen molar-refractivity contribution in [1.29, 1.82) is 0 Å². The molecule has 8 aliphatic rings. The van der Waals surface area contributed by atoms with Gasteiger partial charge in [0, 0.05) is 80.1 Å². The van der Waals surface area contributed by atoms with Crippen molar-refractivity contribution in [3.05, 3.63) is 263 Å². The van der Waals surface area contributed by atoms with Gasteiger partial charge in [0.1, 0.15) is 53.3 Å². The van der Waals surface area contributed by atoms with Gasteiger partial charge in [-0.1, -0.05) is 198 Å². The smallest absolute Gasteiger partial charge is 0.249 e. The molecule has 0 spiro atoms. The van der Waals surface area contributed by atoms with Gasteiger partial charge in [0.05, 0.1) is 83.6 Å². The van der Waals surface area contributed by atoms with Crippen LogP contribution in [0.1, 0.15) is 156 Å². The molecule has 4 aliphatic carbocycles. The third-order valence-electron chi connectivity index (χ3n) is 28.1. The first kappa shape index (κ1) is 105. The van der Waals surface area contributed by atoms with Gasteiger partial charge >= 0.3 is 0 Å². The molecule has 4 heterocycles. The summed E-state index contributed by atoms with van der Waals surface area (Å²) in [6, 6.07) is 62.1. The van der Waals surface area contributed by atoms with Gasteiger partial charge in [-0.3, -0.25) is 62.3 Å². The fourth-order valence-corrected chi connectivity index (χ4v) is 17.8. The average molecular weight is 1930 g/mol. The normalized spacial score (nSPS) is 19.8. The van der Waals surface area contributed by atoms with Crippen molar-refractivity contribution in [2.45, 2.75) is 217 Å². The van der Waals surface area contributed by atoms with Crippen LogP contribution in [0.4, 0.5) is 0 Å². The summed E-state index contributed by atoms with van der Waals surface area (Å²) in [6.07, 6.45) is 11.6. The molecule has 0 aromatic heterocycles. The molecule has 4 saturated heterocycles. The molecular weight excluding hydrogens is 1790 g/mol. The molecule has 0 radical (unpaired) electrons. The van der Waals surface area contributed by atoms with E-state index in [0.717, 1.165) is 102 Å². The second kappa shape index (κ2) is 49.7. The summed E-state index contributed by atoms with van der Waals surface area (Å²) in [7, 11) is 6.36. The first-order valence-corrected chi connectivity index (χ1v) is 49.2. The zero-order valence-electron chi connectivity index (χ0n) is 82.0. The van der Waals surface area contributed by atoms with Crippen LogP contribution >= 0.6 is 0 Å². The number of carbonyl (C=O) groups excluding carboxylic acids is 13. The van der Waals surface area contributed by atoms with Crippen LogP contribution in [0.25, 0.3) is 0 Å². The van der Waals surface area contributed by atoms with Crippen LogP contribution < -0.4 is 66.8 Å². The zero-order chi connectivity index (χ0) is 100. The number of carbonyl (C=O) groups is 13. The van der Waals surface area contributed by atoms with E-state index in [1.807, 2.05) is 234 Å². The Bertz CT molecular complexity index is 5160. The summed E-state index contributed by atoms with van der Waals surface area (Å²) in [5.41, 5.74) is 5.78. The summed E-state index contributed by atoms with van der Waals surface area (Å²) in [5.74, 6) is -0.819. The van der Waals surface area contributed by atoms with Gasteiger partial charge < -0.3 is 81.0 Å². The molecule has 16 rings (SSSR count). The van der Waals surface area contributed by atoms with Crippen molar-refractivity contribution >= 4 is 76.3 Å². The highest BCUT2D eigenvalue weighted by molar-refractivity contribution is 6.01. The molecule has 8 aromatic rings. The van der Waals surface area contributed by atoms with E-state index < -0.39 is 71.7 Å². The van der Waals surface area contributed by atoms with Crippen LogP contribution in [-0.2, 0) is 128 Å². The molecule has 141 heavy (non-hydrogen) atoms. The predicted octanol–water partition coefficient (Wildman–Crippen LogP) is 10.7. The lowest BCUT2D eigenvalue weighted by Gasteiger charge is -2.25. The number of hydrogen-bond acceptors (Lipinski definition) is 20. The van der Waals surface area contributed by atoms with Crippen LogP contribution in [0.5, 0.6) is 23.0 Å². The topological polar surface area (TPSA) is 395 Å². The Morgan fingerprint density at radius 3 is 0.759 bits per heavy atom. The van der Waals surface area contributed by atoms with E-state index in [1.165, 1.54) is 0 Å². The largest absolute Gasteiger partial charge is 0.497 e. The maximum Gasteiger partial charge on any atom is 0.249 e. The van der Waals surface area contributed by atoms with Gasteiger partial charge in [-0.05, 0) is 196 Å². The molecule has 4 saturated carbocycles. The maximum absolute atomic E-state index is 13.6. The average Bonchev–Trinajstić information content (AvgIpc) is 1.65. The Morgan fingerprint density at radius 2 is 0.546 bits per heavy atom. The van der Waals surface area contributed by atoms with Crippen LogP contribution in [0, 0.1) is 39.4 Å². The highest BCUT2D eigenvalue weighted by Crippen LogP contribution is 2.50. The van der Waals surface area contributed by atoms with Crippen molar-refractivity contribution in [3.63, 3.8) is 0 Å². The minimum Gasteiger partial charge on any atom is -0.497 e. The van der Waals surface area contributed by atoms with Gasteiger partial charge in [-0.25, -0.2) is 0 Å². The van der Waals surface area contributed by atoms with E-state index in [2.05, 4.69) is 47.9 Å². The number of benzene rings is 8. The van der Waals surface area contributed by atoms with E-state index in [1.54, 1.807) is 40.6 Å². The first-order valence-electron chi connectivity index (χ1n) is 49.2. The number of nitrogens with one attached hydrogen (secondary N) is 9. The summed E-state index contributed by atoms with van der Waals surface area (Å²) in [6.45, 7) is 10.4. The molecule has 4 aliphatic heterocycles. The Hall–Kier alpha value is -13.3. The minimum absolute atomic E-state index is 0.0137. The first-order chi connectivity index (χ1) is 67.9. The zero-order valence-corrected chi connectivity index (χ0v) is 82.0. The van der Waals surface area contributed by atoms with Gasteiger partial charge in [-0.15, -0.1) is 0 Å². The lowest BCUT2D eigenvalue weighted by molar-refractivity contribution is -0.136. The van der Waals surface area contributed by atoms with Crippen LogP contribution in [-0.4, -0.2) is 199 Å². The molecule has 29 nitrogen and oxygen atoms in total. The fourth-order valence-electron chi connectivity index (χ4n) is 17.8. The summed E-state index contributed by atoms with van der Waals surface area (Å²) in [5, 5.41) is 26.1. The Kier molecular flexibility index (Phi) is 37.1. The summed E-state index contributed by atoms with van der Waals surface area (Å²) < 4.78 is 37.1. The molecule has 8 fully saturated rings. The number of Topliss-reactive ketones (excluding diaryl/α,β-unsaturated/α-hetero) is 4. The number of rotatable bonds is 44. The van der Waals surface area contributed by atoms with E-state index in [0.29, 0.717) is 114 Å². The third-order valence-corrected chi connectivity index (χ3v) is 28.1. The number of ether oxygens (including phenoxy) is 7. The van der Waals surface area contributed by atoms with E-state index in [-0.39, 0.29) is 124 Å².